The number of nitrogens with zero attached hydrogens (tertiary/aromatic N) is 1. The molecule has 1 aliphatic carbocycles. The Bertz CT molecular complexity index is 1010. The largest absolute Gasteiger partial charge is 0.206 e. The van der Waals surface area contributed by atoms with Crippen molar-refractivity contribution in [1.29, 1.82) is 0 Å². The first kappa shape index (κ1) is 20.0. The Morgan fingerprint density at radius 1 is 0.929 bits per heavy atom. The van der Waals surface area contributed by atoms with Crippen LogP contribution in [0.25, 0.3) is 0 Å². The summed E-state index contributed by atoms with van der Waals surface area (Å²) in [6.45, 7) is 0. The van der Waals surface area contributed by atoms with Crippen molar-refractivity contribution < 1.29 is 8.78 Å². The number of thiocarbonyl (C=S) groups is 1. The van der Waals surface area contributed by atoms with Gasteiger partial charge in [-0.05, 0) is 66.7 Å². The molecule has 140 valence electrons. The topological polar surface area (TPSA) is 12.4 Å². The van der Waals surface area contributed by atoms with E-state index in [2.05, 4.69) is 53.1 Å². The summed E-state index contributed by atoms with van der Waals surface area (Å²) in [5, 5.41) is 2.04. The maximum absolute atomic E-state index is 14.2. The van der Waals surface area contributed by atoms with Gasteiger partial charge < -0.3 is 0 Å². The Labute approximate surface area is 169 Å². The molecule has 2 aromatic carbocycles. The zero-order chi connectivity index (χ0) is 19.8. The van der Waals surface area contributed by atoms with Crippen molar-refractivity contribution >= 4 is 17.4 Å². The molecule has 4 heteroatoms. The second kappa shape index (κ2) is 9.95. The van der Waals surface area contributed by atoms with E-state index < -0.39 is 11.6 Å². The van der Waals surface area contributed by atoms with Crippen molar-refractivity contribution in [2.45, 2.75) is 38.5 Å². The van der Waals surface area contributed by atoms with Crippen LogP contribution in [-0.2, 0) is 6.42 Å². The van der Waals surface area contributed by atoms with Crippen LogP contribution in [0.2, 0.25) is 0 Å². The van der Waals surface area contributed by atoms with Crippen LogP contribution in [0.3, 0.4) is 0 Å². The van der Waals surface area contributed by atoms with E-state index in [4.69, 9.17) is 0 Å². The minimum atomic E-state index is -0.653. The molecule has 0 heterocycles. The zero-order valence-electron chi connectivity index (χ0n) is 15.4. The van der Waals surface area contributed by atoms with Crippen molar-refractivity contribution in [2.75, 3.05) is 0 Å². The standard InChI is InChI=1S/C24H19F2NS/c25-23-16-22(13-14-27-17-28)24(26)15-21(23)12-11-20-9-7-19(8-10-20)6-5-18-3-1-2-4-18/h7-10,15-16,18H,1-6H2. The lowest BCUT2D eigenvalue weighted by Gasteiger charge is -2.08. The van der Waals surface area contributed by atoms with Gasteiger partial charge in [0.25, 0.3) is 0 Å². The number of halogens is 2. The molecule has 2 aromatic rings. The summed E-state index contributed by atoms with van der Waals surface area (Å²) in [5.74, 6) is 7.56. The fourth-order valence-electron chi connectivity index (χ4n) is 3.41. The molecule has 0 bridgehead atoms. The van der Waals surface area contributed by atoms with Gasteiger partial charge in [0, 0.05) is 5.56 Å². The van der Waals surface area contributed by atoms with Crippen molar-refractivity contribution in [3.8, 4) is 23.8 Å². The maximum Gasteiger partial charge on any atom is 0.140 e. The molecule has 0 unspecified atom stereocenters. The minimum absolute atomic E-state index is 0.00769. The van der Waals surface area contributed by atoms with Crippen LogP contribution in [0.4, 0.5) is 8.78 Å². The number of aliphatic imine (C=N–C) groups is 1. The molecule has 0 aromatic heterocycles. The average molecular weight is 391 g/mol. The first-order valence-electron chi connectivity index (χ1n) is 9.33. The summed E-state index contributed by atoms with van der Waals surface area (Å²) in [7, 11) is 0. The van der Waals surface area contributed by atoms with Crippen LogP contribution in [0.15, 0.2) is 41.4 Å². The van der Waals surface area contributed by atoms with E-state index in [9.17, 15) is 8.78 Å². The van der Waals surface area contributed by atoms with Gasteiger partial charge >= 0.3 is 0 Å². The van der Waals surface area contributed by atoms with E-state index >= 15 is 0 Å². The number of hydrogen-bond acceptors (Lipinski definition) is 2. The van der Waals surface area contributed by atoms with Crippen LogP contribution in [0, 0.1) is 41.4 Å². The van der Waals surface area contributed by atoms with Crippen molar-refractivity contribution in [3.63, 3.8) is 0 Å². The molecule has 28 heavy (non-hydrogen) atoms. The highest BCUT2D eigenvalue weighted by atomic mass is 32.1. The third kappa shape index (κ3) is 5.61. The predicted octanol–water partition coefficient (Wildman–Crippen LogP) is 5.90. The van der Waals surface area contributed by atoms with Gasteiger partial charge in [0.15, 0.2) is 0 Å². The smallest absolute Gasteiger partial charge is 0.140 e. The van der Waals surface area contributed by atoms with Crippen LogP contribution < -0.4 is 0 Å². The lowest BCUT2D eigenvalue weighted by atomic mass is 9.98. The van der Waals surface area contributed by atoms with E-state index in [1.807, 2.05) is 17.3 Å². The van der Waals surface area contributed by atoms with Crippen LogP contribution >= 0.6 is 12.2 Å². The summed E-state index contributed by atoms with van der Waals surface area (Å²) in [4.78, 5) is 3.37. The summed E-state index contributed by atoms with van der Waals surface area (Å²) in [6, 6.07) is 12.3. The maximum atomic E-state index is 14.2. The molecule has 1 aliphatic rings. The van der Waals surface area contributed by atoms with Crippen LogP contribution in [0.5, 0.6) is 0 Å². The van der Waals surface area contributed by atoms with Crippen LogP contribution in [0.1, 0.15) is 54.4 Å². The first-order valence-corrected chi connectivity index (χ1v) is 9.74. The molecule has 0 N–H and O–H groups in total. The molecule has 1 nitrogen and oxygen atoms in total. The average Bonchev–Trinajstić information content (AvgIpc) is 3.22. The third-order valence-corrected chi connectivity index (χ3v) is 5.05. The van der Waals surface area contributed by atoms with E-state index in [0.29, 0.717) is 0 Å². The summed E-state index contributed by atoms with van der Waals surface area (Å²) < 4.78 is 28.2. The molecule has 0 aliphatic heterocycles. The molecule has 1 saturated carbocycles. The van der Waals surface area contributed by atoms with Gasteiger partial charge in [-0.15, -0.1) is 4.99 Å². The monoisotopic (exact) mass is 391 g/mol. The Hall–Kier alpha value is -2.78. The van der Waals surface area contributed by atoms with Crippen molar-refractivity contribution in [1.82, 2.24) is 0 Å². The Morgan fingerprint density at radius 3 is 2.21 bits per heavy atom. The number of aryl methyl sites for hydroxylation is 1. The summed E-state index contributed by atoms with van der Waals surface area (Å²) in [5.41, 5.74) is 1.95. The molecule has 0 amide bonds. The van der Waals surface area contributed by atoms with Gasteiger partial charge in [0.1, 0.15) is 11.6 Å². The fraction of sp³-hybridized carbons (Fsp3) is 0.292. The third-order valence-electron chi connectivity index (χ3n) is 4.96. The molecule has 0 spiro atoms. The molecular weight excluding hydrogens is 372 g/mol. The van der Waals surface area contributed by atoms with Gasteiger partial charge in [-0.3, -0.25) is 0 Å². The number of hydrogen-bond donors (Lipinski definition) is 0. The molecular formula is C24H19F2NS. The lowest BCUT2D eigenvalue weighted by Crippen LogP contribution is -1.96. The van der Waals surface area contributed by atoms with Gasteiger partial charge in [-0.1, -0.05) is 49.7 Å². The Morgan fingerprint density at radius 2 is 1.57 bits per heavy atom. The van der Waals surface area contributed by atoms with Crippen molar-refractivity contribution in [3.05, 3.63) is 70.3 Å². The van der Waals surface area contributed by atoms with Crippen molar-refractivity contribution in [2.24, 2.45) is 10.9 Å². The van der Waals surface area contributed by atoms with Gasteiger partial charge in [-0.2, -0.15) is 0 Å². The normalized spacial score (nSPS) is 13.1. The quantitative estimate of drug-likeness (QED) is 0.360. The minimum Gasteiger partial charge on any atom is -0.206 e. The summed E-state index contributed by atoms with van der Waals surface area (Å²) >= 11 is 4.37. The summed E-state index contributed by atoms with van der Waals surface area (Å²) in [6.07, 6.45) is 7.76. The second-order valence-electron chi connectivity index (χ2n) is 6.89. The molecule has 0 radical (unpaired) electrons. The number of benzene rings is 2. The lowest BCUT2D eigenvalue weighted by molar-refractivity contribution is 0.504. The highest BCUT2D eigenvalue weighted by Crippen LogP contribution is 2.28. The zero-order valence-corrected chi connectivity index (χ0v) is 16.2. The predicted molar refractivity (Wildman–Crippen MR) is 111 cm³/mol. The number of isothiocyanates is 1. The van der Waals surface area contributed by atoms with E-state index in [-0.39, 0.29) is 11.1 Å². The van der Waals surface area contributed by atoms with E-state index in [1.54, 1.807) is 0 Å². The SMILES string of the molecule is Fc1cc(C#Cc2ccc(CCC3CCCC3)cc2)c(F)cc1C#CN=C=S. The fourth-order valence-corrected chi connectivity index (χ4v) is 3.46. The molecule has 3 rings (SSSR count). The Kier molecular flexibility index (Phi) is 7.10. The molecule has 0 atom stereocenters. The van der Waals surface area contributed by atoms with E-state index in [0.717, 1.165) is 30.0 Å². The van der Waals surface area contributed by atoms with E-state index in [1.165, 1.54) is 37.7 Å². The second-order valence-corrected chi connectivity index (χ2v) is 7.07. The number of rotatable bonds is 3. The highest BCUT2D eigenvalue weighted by Gasteiger charge is 2.14. The first-order chi connectivity index (χ1) is 13.7. The Balaban J connectivity index is 1.68. The highest BCUT2D eigenvalue weighted by molar-refractivity contribution is 7.78. The van der Waals surface area contributed by atoms with Gasteiger partial charge in [0.05, 0.1) is 22.3 Å². The van der Waals surface area contributed by atoms with Crippen LogP contribution in [-0.4, -0.2) is 5.16 Å². The molecule has 0 saturated heterocycles. The van der Waals surface area contributed by atoms with Gasteiger partial charge in [-0.25, -0.2) is 8.78 Å². The molecule has 1 fully saturated rings. The van der Waals surface area contributed by atoms with Gasteiger partial charge in [0.2, 0.25) is 0 Å².